The standard InChI is InChI=1S/C10H11N5O2/c1-17-8-4-6(2-3-12-8)14-10-7(9(11)16)5-13-15-10/h2-5H,1H3,(H2,11,16)(H2,12,13,14,15). The third kappa shape index (κ3) is 2.33. The summed E-state index contributed by atoms with van der Waals surface area (Å²) in [5, 5.41) is 9.37. The first kappa shape index (κ1) is 10.9. The molecule has 0 fully saturated rings. The largest absolute Gasteiger partial charge is 0.481 e. The number of carbonyl (C=O) groups is 1. The average molecular weight is 233 g/mol. The molecule has 17 heavy (non-hydrogen) atoms. The first-order valence-corrected chi connectivity index (χ1v) is 4.81. The zero-order valence-corrected chi connectivity index (χ0v) is 9.10. The van der Waals surface area contributed by atoms with Gasteiger partial charge >= 0.3 is 0 Å². The molecule has 7 nitrogen and oxygen atoms in total. The second-order valence-electron chi connectivity index (χ2n) is 3.23. The van der Waals surface area contributed by atoms with Crippen LogP contribution in [0.1, 0.15) is 10.4 Å². The molecular formula is C10H11N5O2. The highest BCUT2D eigenvalue weighted by atomic mass is 16.5. The van der Waals surface area contributed by atoms with Gasteiger partial charge in [0.1, 0.15) is 11.4 Å². The number of primary amides is 1. The number of nitrogens with one attached hydrogen (secondary N) is 2. The molecule has 2 aromatic rings. The normalized spacial score (nSPS) is 9.94. The summed E-state index contributed by atoms with van der Waals surface area (Å²) in [5.74, 6) is 0.350. The molecule has 2 heterocycles. The van der Waals surface area contributed by atoms with Crippen LogP contribution in [-0.4, -0.2) is 28.2 Å². The van der Waals surface area contributed by atoms with Gasteiger partial charge < -0.3 is 15.8 Å². The number of pyridine rings is 1. The van der Waals surface area contributed by atoms with Crippen LogP contribution in [0.25, 0.3) is 0 Å². The minimum absolute atomic E-state index is 0.292. The van der Waals surface area contributed by atoms with Crippen LogP contribution in [0.5, 0.6) is 5.88 Å². The zero-order valence-electron chi connectivity index (χ0n) is 9.10. The molecule has 0 aliphatic rings. The molecule has 0 saturated carbocycles. The lowest BCUT2D eigenvalue weighted by Crippen LogP contribution is -2.12. The highest BCUT2D eigenvalue weighted by Crippen LogP contribution is 2.20. The van der Waals surface area contributed by atoms with Crippen molar-refractivity contribution in [2.24, 2.45) is 5.73 Å². The Morgan fingerprint density at radius 3 is 3.12 bits per heavy atom. The van der Waals surface area contributed by atoms with E-state index in [0.29, 0.717) is 22.9 Å². The maximum atomic E-state index is 11.1. The third-order valence-electron chi connectivity index (χ3n) is 2.12. The minimum atomic E-state index is -0.553. The Balaban J connectivity index is 2.25. The van der Waals surface area contributed by atoms with E-state index in [2.05, 4.69) is 20.5 Å². The Hall–Kier alpha value is -2.57. The smallest absolute Gasteiger partial charge is 0.254 e. The number of nitrogens with zero attached hydrogens (tertiary/aromatic N) is 2. The number of aromatic nitrogens is 3. The Bertz CT molecular complexity index is 537. The van der Waals surface area contributed by atoms with Gasteiger partial charge in [0.05, 0.1) is 13.3 Å². The summed E-state index contributed by atoms with van der Waals surface area (Å²) in [7, 11) is 1.52. The molecule has 0 radical (unpaired) electrons. The molecule has 0 aliphatic carbocycles. The van der Waals surface area contributed by atoms with Crippen molar-refractivity contribution in [3.05, 3.63) is 30.1 Å². The lowest BCUT2D eigenvalue weighted by atomic mass is 10.3. The summed E-state index contributed by atoms with van der Waals surface area (Å²) in [6, 6.07) is 3.42. The number of amides is 1. The van der Waals surface area contributed by atoms with Crippen LogP contribution in [0.2, 0.25) is 0 Å². The fourth-order valence-corrected chi connectivity index (χ4v) is 1.31. The molecule has 0 spiro atoms. The van der Waals surface area contributed by atoms with Crippen molar-refractivity contribution in [3.63, 3.8) is 0 Å². The summed E-state index contributed by atoms with van der Waals surface area (Å²) >= 11 is 0. The first-order valence-electron chi connectivity index (χ1n) is 4.81. The summed E-state index contributed by atoms with van der Waals surface area (Å²) in [6.45, 7) is 0. The maximum Gasteiger partial charge on any atom is 0.254 e. The van der Waals surface area contributed by atoms with E-state index in [-0.39, 0.29) is 0 Å². The summed E-state index contributed by atoms with van der Waals surface area (Å²) in [5.41, 5.74) is 6.20. The van der Waals surface area contributed by atoms with Crippen LogP contribution in [0.4, 0.5) is 11.5 Å². The van der Waals surface area contributed by atoms with Crippen LogP contribution < -0.4 is 15.8 Å². The number of ether oxygens (including phenoxy) is 1. The van der Waals surface area contributed by atoms with Crippen molar-refractivity contribution in [3.8, 4) is 5.88 Å². The molecule has 0 atom stereocenters. The van der Waals surface area contributed by atoms with Gasteiger partial charge in [0.25, 0.3) is 5.91 Å². The molecule has 2 rings (SSSR count). The zero-order chi connectivity index (χ0) is 12.3. The minimum Gasteiger partial charge on any atom is -0.481 e. The second-order valence-corrected chi connectivity index (χ2v) is 3.23. The summed E-state index contributed by atoms with van der Waals surface area (Å²) in [6.07, 6.45) is 2.95. The molecule has 0 unspecified atom stereocenters. The molecule has 4 N–H and O–H groups in total. The molecule has 88 valence electrons. The number of H-pyrrole nitrogens is 1. The van der Waals surface area contributed by atoms with E-state index in [1.807, 2.05) is 0 Å². The topological polar surface area (TPSA) is 106 Å². The van der Waals surface area contributed by atoms with Gasteiger partial charge in [-0.3, -0.25) is 9.89 Å². The fraction of sp³-hybridized carbons (Fsp3) is 0.100. The highest BCUT2D eigenvalue weighted by molar-refractivity contribution is 5.97. The average Bonchev–Trinajstić information content (AvgIpc) is 2.77. The number of nitrogens with two attached hydrogens (primary N) is 1. The molecule has 0 bridgehead atoms. The fourth-order valence-electron chi connectivity index (χ4n) is 1.31. The Kier molecular flexibility index (Phi) is 2.91. The van der Waals surface area contributed by atoms with Gasteiger partial charge in [-0.2, -0.15) is 5.10 Å². The SMILES string of the molecule is COc1cc(Nc2[nH]ncc2C(N)=O)ccn1. The number of methoxy groups -OCH3 is 1. The Morgan fingerprint density at radius 2 is 2.41 bits per heavy atom. The van der Waals surface area contributed by atoms with E-state index in [0.717, 1.165) is 0 Å². The Labute approximate surface area is 97.0 Å². The van der Waals surface area contributed by atoms with Crippen LogP contribution in [0.3, 0.4) is 0 Å². The number of rotatable bonds is 4. The van der Waals surface area contributed by atoms with Gasteiger partial charge in [0, 0.05) is 18.0 Å². The van der Waals surface area contributed by atoms with E-state index in [1.54, 1.807) is 18.3 Å². The molecule has 0 saturated heterocycles. The number of carbonyl (C=O) groups excluding carboxylic acids is 1. The first-order chi connectivity index (χ1) is 8.20. The van der Waals surface area contributed by atoms with Crippen molar-refractivity contribution in [1.29, 1.82) is 0 Å². The molecule has 2 aromatic heterocycles. The molecular weight excluding hydrogens is 222 g/mol. The number of hydrogen-bond donors (Lipinski definition) is 3. The quantitative estimate of drug-likeness (QED) is 0.719. The molecule has 0 aromatic carbocycles. The number of hydrogen-bond acceptors (Lipinski definition) is 5. The van der Waals surface area contributed by atoms with E-state index < -0.39 is 5.91 Å². The lowest BCUT2D eigenvalue weighted by Gasteiger charge is -2.06. The molecule has 0 aliphatic heterocycles. The monoisotopic (exact) mass is 233 g/mol. The van der Waals surface area contributed by atoms with Gasteiger partial charge in [-0.15, -0.1) is 0 Å². The molecule has 7 heteroatoms. The third-order valence-corrected chi connectivity index (χ3v) is 2.12. The predicted molar refractivity (Wildman–Crippen MR) is 61.2 cm³/mol. The maximum absolute atomic E-state index is 11.1. The van der Waals surface area contributed by atoms with Crippen molar-refractivity contribution < 1.29 is 9.53 Å². The van der Waals surface area contributed by atoms with Crippen molar-refractivity contribution >= 4 is 17.4 Å². The van der Waals surface area contributed by atoms with E-state index in [9.17, 15) is 4.79 Å². The van der Waals surface area contributed by atoms with Crippen LogP contribution in [0.15, 0.2) is 24.5 Å². The lowest BCUT2D eigenvalue weighted by molar-refractivity contribution is 0.100. The number of aromatic amines is 1. The van der Waals surface area contributed by atoms with Gasteiger partial charge in [-0.25, -0.2) is 4.98 Å². The van der Waals surface area contributed by atoms with Gasteiger partial charge in [-0.05, 0) is 6.07 Å². The summed E-state index contributed by atoms with van der Waals surface area (Å²) < 4.78 is 4.98. The van der Waals surface area contributed by atoms with Crippen molar-refractivity contribution in [2.45, 2.75) is 0 Å². The van der Waals surface area contributed by atoms with Gasteiger partial charge in [0.15, 0.2) is 0 Å². The van der Waals surface area contributed by atoms with Crippen LogP contribution in [0, 0.1) is 0 Å². The molecule has 1 amide bonds. The van der Waals surface area contributed by atoms with E-state index in [1.165, 1.54) is 13.3 Å². The Morgan fingerprint density at radius 1 is 1.59 bits per heavy atom. The highest BCUT2D eigenvalue weighted by Gasteiger charge is 2.10. The second kappa shape index (κ2) is 4.52. The summed E-state index contributed by atoms with van der Waals surface area (Å²) in [4.78, 5) is 15.0. The van der Waals surface area contributed by atoms with E-state index >= 15 is 0 Å². The van der Waals surface area contributed by atoms with Crippen molar-refractivity contribution in [1.82, 2.24) is 15.2 Å². The van der Waals surface area contributed by atoms with Crippen LogP contribution >= 0.6 is 0 Å². The van der Waals surface area contributed by atoms with Crippen LogP contribution in [-0.2, 0) is 0 Å². The predicted octanol–water partition coefficient (Wildman–Crippen LogP) is 0.656. The van der Waals surface area contributed by atoms with Crippen molar-refractivity contribution in [2.75, 3.05) is 12.4 Å². The van der Waals surface area contributed by atoms with Gasteiger partial charge in [-0.1, -0.05) is 0 Å². The van der Waals surface area contributed by atoms with E-state index in [4.69, 9.17) is 10.5 Å². The van der Waals surface area contributed by atoms with Gasteiger partial charge in [0.2, 0.25) is 5.88 Å². The number of anilines is 2.